The van der Waals surface area contributed by atoms with E-state index < -0.39 is 0 Å². The number of ether oxygens (including phenoxy) is 4. The third kappa shape index (κ3) is 6.42. The van der Waals surface area contributed by atoms with E-state index in [1.165, 1.54) is 5.56 Å². The summed E-state index contributed by atoms with van der Waals surface area (Å²) in [4.78, 5) is 4.70. The maximum absolute atomic E-state index is 5.90. The molecule has 1 aliphatic heterocycles. The van der Waals surface area contributed by atoms with Crippen LogP contribution in [0.2, 0.25) is 0 Å². The highest BCUT2D eigenvalue weighted by atomic mass is 32.1. The number of methoxy groups -OCH3 is 4. The summed E-state index contributed by atoms with van der Waals surface area (Å²) in [6.45, 7) is 2.94. The molecule has 0 amide bonds. The van der Waals surface area contributed by atoms with Gasteiger partial charge in [-0.1, -0.05) is 6.07 Å². The number of likely N-dealkylation sites (tertiary alicyclic amines) is 1. The fraction of sp³-hybridized carbons (Fsp3) is 0.480. The summed E-state index contributed by atoms with van der Waals surface area (Å²) in [5, 5.41) is 4.14. The first-order valence-electron chi connectivity index (χ1n) is 11.2. The summed E-state index contributed by atoms with van der Waals surface area (Å²) in [5.74, 6) is 2.84. The maximum atomic E-state index is 5.90. The first kappa shape index (κ1) is 24.9. The number of rotatable bonds is 9. The van der Waals surface area contributed by atoms with Crippen LogP contribution < -0.4 is 24.3 Å². The molecule has 0 bridgehead atoms. The fourth-order valence-electron chi connectivity index (χ4n) is 4.15. The van der Waals surface area contributed by atoms with Gasteiger partial charge in [-0.25, -0.2) is 0 Å². The molecule has 2 aromatic rings. The van der Waals surface area contributed by atoms with Crippen molar-refractivity contribution >= 4 is 23.0 Å². The molecule has 180 valence electrons. The Morgan fingerprint density at radius 3 is 2.09 bits per heavy atom. The Labute approximate surface area is 202 Å². The summed E-state index contributed by atoms with van der Waals surface area (Å²) < 4.78 is 21.6. The molecular weight excluding hydrogens is 438 g/mol. The monoisotopic (exact) mass is 473 g/mol. The number of piperidine rings is 1. The van der Waals surface area contributed by atoms with E-state index in [4.69, 9.17) is 31.2 Å². The van der Waals surface area contributed by atoms with Crippen LogP contribution in [0.25, 0.3) is 0 Å². The molecule has 2 aromatic carbocycles. The zero-order valence-corrected chi connectivity index (χ0v) is 21.0. The Balaban J connectivity index is 1.76. The number of nitrogens with one attached hydrogen (secondary N) is 1. The molecule has 0 radical (unpaired) electrons. The minimum atomic E-state index is 0.390. The Bertz CT molecular complexity index is 932. The van der Waals surface area contributed by atoms with Crippen molar-refractivity contribution in [1.29, 1.82) is 0 Å². The van der Waals surface area contributed by atoms with E-state index in [0.717, 1.165) is 61.2 Å². The van der Waals surface area contributed by atoms with Crippen LogP contribution in [0.1, 0.15) is 18.4 Å². The molecule has 0 saturated carbocycles. The van der Waals surface area contributed by atoms with Crippen LogP contribution in [0.3, 0.4) is 0 Å². The lowest BCUT2D eigenvalue weighted by Crippen LogP contribution is -2.48. The Morgan fingerprint density at radius 2 is 1.48 bits per heavy atom. The van der Waals surface area contributed by atoms with Crippen LogP contribution in [0.5, 0.6) is 23.0 Å². The van der Waals surface area contributed by atoms with Crippen molar-refractivity contribution in [2.45, 2.75) is 25.3 Å². The predicted molar refractivity (Wildman–Crippen MR) is 136 cm³/mol. The minimum Gasteiger partial charge on any atom is -0.493 e. The normalized spacial score (nSPS) is 14.5. The molecule has 1 heterocycles. The fourth-order valence-corrected chi connectivity index (χ4v) is 4.51. The molecule has 3 rings (SSSR count). The van der Waals surface area contributed by atoms with Gasteiger partial charge in [0.1, 0.15) is 0 Å². The topological polar surface area (TPSA) is 55.4 Å². The van der Waals surface area contributed by atoms with Gasteiger partial charge in [0.2, 0.25) is 0 Å². The van der Waals surface area contributed by atoms with Crippen LogP contribution in [-0.2, 0) is 6.42 Å². The Kier molecular flexibility index (Phi) is 9.03. The molecule has 0 atom stereocenters. The van der Waals surface area contributed by atoms with Crippen molar-refractivity contribution in [3.05, 3.63) is 42.0 Å². The van der Waals surface area contributed by atoms with Gasteiger partial charge >= 0.3 is 0 Å². The molecule has 1 aliphatic rings. The van der Waals surface area contributed by atoms with Crippen molar-refractivity contribution in [1.82, 2.24) is 9.80 Å². The molecule has 0 unspecified atom stereocenters. The molecule has 1 N–H and O–H groups in total. The average Bonchev–Trinajstić information content (AvgIpc) is 2.84. The predicted octanol–water partition coefficient (Wildman–Crippen LogP) is 4.06. The van der Waals surface area contributed by atoms with E-state index >= 15 is 0 Å². The van der Waals surface area contributed by atoms with Crippen molar-refractivity contribution < 1.29 is 18.9 Å². The SMILES string of the molecule is COc1ccc(CCN(C(=S)Nc2ccc(OC)c(OC)c2)C2CCN(C)CC2)cc1OC. The molecule has 0 aliphatic carbocycles. The molecule has 33 heavy (non-hydrogen) atoms. The molecule has 0 spiro atoms. The van der Waals surface area contributed by atoms with Crippen molar-refractivity contribution in [3.63, 3.8) is 0 Å². The number of hydrogen-bond acceptors (Lipinski definition) is 6. The molecule has 8 heteroatoms. The van der Waals surface area contributed by atoms with Crippen LogP contribution in [0.4, 0.5) is 5.69 Å². The lowest BCUT2D eigenvalue weighted by Gasteiger charge is -2.39. The Morgan fingerprint density at radius 1 is 0.909 bits per heavy atom. The second-order valence-corrected chi connectivity index (χ2v) is 8.55. The van der Waals surface area contributed by atoms with Crippen LogP contribution in [0.15, 0.2) is 36.4 Å². The number of anilines is 1. The van der Waals surface area contributed by atoms with Crippen LogP contribution in [-0.4, -0.2) is 76.1 Å². The smallest absolute Gasteiger partial charge is 0.173 e. The second kappa shape index (κ2) is 12.0. The first-order valence-corrected chi connectivity index (χ1v) is 11.6. The van der Waals surface area contributed by atoms with Gasteiger partial charge in [-0.05, 0) is 81.4 Å². The number of thiocarbonyl (C=S) groups is 1. The zero-order valence-electron chi connectivity index (χ0n) is 20.2. The summed E-state index contributed by atoms with van der Waals surface area (Å²) in [5.41, 5.74) is 2.06. The van der Waals surface area contributed by atoms with Gasteiger partial charge in [0.25, 0.3) is 0 Å². The van der Waals surface area contributed by atoms with Gasteiger partial charge in [0, 0.05) is 24.3 Å². The highest BCUT2D eigenvalue weighted by Crippen LogP contribution is 2.31. The second-order valence-electron chi connectivity index (χ2n) is 8.17. The third-order valence-electron chi connectivity index (χ3n) is 6.11. The molecule has 7 nitrogen and oxygen atoms in total. The van der Waals surface area contributed by atoms with Crippen molar-refractivity contribution in [3.8, 4) is 23.0 Å². The van der Waals surface area contributed by atoms with Crippen LogP contribution >= 0.6 is 12.2 Å². The summed E-state index contributed by atoms with van der Waals surface area (Å²) in [7, 11) is 8.75. The standard InChI is InChI=1S/C25H35N3O4S/c1-27-13-11-20(12-14-27)28(15-10-18-6-8-21(29-2)23(16-18)31-4)25(33)26-19-7-9-22(30-3)24(17-19)32-5/h6-9,16-17,20H,10-15H2,1-5H3,(H,26,33). The highest BCUT2D eigenvalue weighted by Gasteiger charge is 2.25. The maximum Gasteiger partial charge on any atom is 0.173 e. The molecule has 0 aromatic heterocycles. The number of nitrogens with zero attached hydrogens (tertiary/aromatic N) is 2. The van der Waals surface area contributed by atoms with Gasteiger partial charge in [0.05, 0.1) is 28.4 Å². The molecule has 1 fully saturated rings. The van der Waals surface area contributed by atoms with E-state index in [0.29, 0.717) is 17.5 Å². The Hall–Kier alpha value is -2.71. The van der Waals surface area contributed by atoms with Crippen molar-refractivity contribution in [2.75, 3.05) is 60.4 Å². The lowest BCUT2D eigenvalue weighted by molar-refractivity contribution is 0.178. The zero-order chi connectivity index (χ0) is 23.8. The highest BCUT2D eigenvalue weighted by molar-refractivity contribution is 7.80. The van der Waals surface area contributed by atoms with Gasteiger partial charge in [-0.2, -0.15) is 0 Å². The summed E-state index contributed by atoms with van der Waals surface area (Å²) in [6.07, 6.45) is 3.01. The third-order valence-corrected chi connectivity index (χ3v) is 6.45. The summed E-state index contributed by atoms with van der Waals surface area (Å²) in [6, 6.07) is 12.2. The number of benzene rings is 2. The quantitative estimate of drug-likeness (QED) is 0.548. The summed E-state index contributed by atoms with van der Waals surface area (Å²) >= 11 is 5.90. The van der Waals surface area contributed by atoms with Gasteiger partial charge < -0.3 is 34.1 Å². The van der Waals surface area contributed by atoms with E-state index in [2.05, 4.69) is 28.2 Å². The lowest BCUT2D eigenvalue weighted by atomic mass is 10.0. The van der Waals surface area contributed by atoms with Gasteiger partial charge in [-0.15, -0.1) is 0 Å². The van der Waals surface area contributed by atoms with Gasteiger partial charge in [-0.3, -0.25) is 0 Å². The first-order chi connectivity index (χ1) is 16.0. The van der Waals surface area contributed by atoms with Gasteiger partial charge in [0.15, 0.2) is 28.1 Å². The number of hydrogen-bond donors (Lipinski definition) is 1. The van der Waals surface area contributed by atoms with E-state index in [1.807, 2.05) is 30.3 Å². The minimum absolute atomic E-state index is 0.390. The molecule has 1 saturated heterocycles. The van der Waals surface area contributed by atoms with E-state index in [1.54, 1.807) is 28.4 Å². The molecular formula is C25H35N3O4S. The van der Waals surface area contributed by atoms with E-state index in [-0.39, 0.29) is 0 Å². The largest absolute Gasteiger partial charge is 0.493 e. The average molecular weight is 474 g/mol. The van der Waals surface area contributed by atoms with Crippen LogP contribution in [0, 0.1) is 0 Å². The van der Waals surface area contributed by atoms with E-state index in [9.17, 15) is 0 Å². The van der Waals surface area contributed by atoms with Crippen molar-refractivity contribution in [2.24, 2.45) is 0 Å².